The van der Waals surface area contributed by atoms with Crippen LogP contribution in [0, 0.1) is 11.8 Å². The van der Waals surface area contributed by atoms with Crippen LogP contribution < -0.4 is 15.4 Å². The lowest BCUT2D eigenvalue weighted by Gasteiger charge is -2.36. The lowest BCUT2D eigenvalue weighted by atomic mass is 9.74. The van der Waals surface area contributed by atoms with Crippen LogP contribution in [0.15, 0.2) is 36.4 Å². The van der Waals surface area contributed by atoms with Gasteiger partial charge < -0.3 is 25.0 Å². The molecule has 3 heterocycles. The van der Waals surface area contributed by atoms with Crippen LogP contribution in [0.25, 0.3) is 0 Å². The number of anilines is 1. The molecule has 8 heteroatoms. The highest BCUT2D eigenvalue weighted by Crippen LogP contribution is 2.55. The Morgan fingerprint density at radius 1 is 1.17 bits per heavy atom. The first kappa shape index (κ1) is 23.9. The van der Waals surface area contributed by atoms with Gasteiger partial charge in [-0.3, -0.25) is 14.4 Å². The van der Waals surface area contributed by atoms with Gasteiger partial charge in [0, 0.05) is 17.8 Å². The standard InChI is InChI=1S/C27H35N3O5/c1-4-16(2)30-23(25(32)29-17-8-6-5-7-9-17)27-15-14-20(35-27)21(22(27)26(30)33)24(31)28-18-10-12-19(34-3)13-11-18/h10-17,20-23H,4-9H2,1-3H3,(H,28,31)(H,29,32)/t16-,20+,21-,22+,23+,27-/m0/s1. The van der Waals surface area contributed by atoms with Crippen LogP contribution in [0.2, 0.25) is 0 Å². The average Bonchev–Trinajstić information content (AvgIpc) is 3.52. The SMILES string of the molecule is CC[C@H](C)N1C(=O)[C@H]2[C@@H](C(=O)Nc3ccc(OC)cc3)[C@H]3C=C[C@@]2(O3)[C@H]1C(=O)NC1CCCCC1. The number of amides is 3. The van der Waals surface area contributed by atoms with Gasteiger partial charge in [-0.25, -0.2) is 0 Å². The predicted molar refractivity (Wildman–Crippen MR) is 131 cm³/mol. The summed E-state index contributed by atoms with van der Waals surface area (Å²) in [6.45, 7) is 3.96. The second-order valence-electron chi connectivity index (χ2n) is 10.3. The number of methoxy groups -OCH3 is 1. The molecule has 0 radical (unpaired) electrons. The number of carbonyl (C=O) groups excluding carboxylic acids is 3. The summed E-state index contributed by atoms with van der Waals surface area (Å²) in [5.74, 6) is -1.36. The molecule has 5 rings (SSSR count). The molecule has 1 aromatic carbocycles. The zero-order valence-corrected chi connectivity index (χ0v) is 20.7. The summed E-state index contributed by atoms with van der Waals surface area (Å²) in [6.07, 6.45) is 9.19. The molecular formula is C27H35N3O5. The summed E-state index contributed by atoms with van der Waals surface area (Å²) in [5, 5.41) is 6.15. The number of nitrogens with zero attached hydrogens (tertiary/aromatic N) is 1. The Labute approximate surface area is 206 Å². The molecule has 2 N–H and O–H groups in total. The topological polar surface area (TPSA) is 97.0 Å². The highest BCUT2D eigenvalue weighted by Gasteiger charge is 2.73. The minimum atomic E-state index is -1.12. The zero-order valence-electron chi connectivity index (χ0n) is 20.7. The summed E-state index contributed by atoms with van der Waals surface area (Å²) in [7, 11) is 1.58. The van der Waals surface area contributed by atoms with Crippen LogP contribution in [0.5, 0.6) is 5.75 Å². The molecule has 6 atom stereocenters. The van der Waals surface area contributed by atoms with Crippen molar-refractivity contribution in [3.05, 3.63) is 36.4 Å². The number of benzene rings is 1. The van der Waals surface area contributed by atoms with Crippen LogP contribution in [0.4, 0.5) is 5.69 Å². The van der Waals surface area contributed by atoms with Gasteiger partial charge in [-0.1, -0.05) is 38.3 Å². The van der Waals surface area contributed by atoms with Crippen LogP contribution in [0.1, 0.15) is 52.4 Å². The van der Waals surface area contributed by atoms with E-state index >= 15 is 0 Å². The summed E-state index contributed by atoms with van der Waals surface area (Å²) in [6, 6.07) is 6.26. The molecule has 3 amide bonds. The smallest absolute Gasteiger partial charge is 0.246 e. The number of hydrogen-bond acceptors (Lipinski definition) is 5. The maximum atomic E-state index is 13.9. The third-order valence-corrected chi connectivity index (χ3v) is 8.24. The van der Waals surface area contributed by atoms with E-state index < -0.39 is 29.6 Å². The number of likely N-dealkylation sites (tertiary alicyclic amines) is 1. The molecule has 8 nitrogen and oxygen atoms in total. The second-order valence-corrected chi connectivity index (χ2v) is 10.3. The van der Waals surface area contributed by atoms with Gasteiger partial charge in [0.05, 0.1) is 25.0 Å². The van der Waals surface area contributed by atoms with Gasteiger partial charge in [0.25, 0.3) is 0 Å². The first-order valence-corrected chi connectivity index (χ1v) is 12.8. The number of hydrogen-bond donors (Lipinski definition) is 2. The van der Waals surface area contributed by atoms with Crippen LogP contribution >= 0.6 is 0 Å². The number of fused-ring (bicyclic) bond motifs is 1. The lowest BCUT2D eigenvalue weighted by molar-refractivity contribution is -0.143. The Morgan fingerprint density at radius 3 is 2.54 bits per heavy atom. The van der Waals surface area contributed by atoms with Gasteiger partial charge >= 0.3 is 0 Å². The van der Waals surface area contributed by atoms with Crippen molar-refractivity contribution in [1.82, 2.24) is 10.2 Å². The third kappa shape index (κ3) is 3.92. The van der Waals surface area contributed by atoms with Gasteiger partial charge in [-0.05, 0) is 50.5 Å². The Morgan fingerprint density at radius 2 is 1.89 bits per heavy atom. The van der Waals surface area contributed by atoms with Crippen molar-refractivity contribution < 1.29 is 23.9 Å². The number of carbonyl (C=O) groups is 3. The summed E-state index contributed by atoms with van der Waals surface area (Å²) >= 11 is 0. The van der Waals surface area contributed by atoms with Crippen LogP contribution in [0.3, 0.4) is 0 Å². The fraction of sp³-hybridized carbons (Fsp3) is 0.593. The van der Waals surface area contributed by atoms with Crippen molar-refractivity contribution >= 4 is 23.4 Å². The molecule has 0 aromatic heterocycles. The molecule has 1 aliphatic carbocycles. The summed E-state index contributed by atoms with van der Waals surface area (Å²) in [4.78, 5) is 42.7. The van der Waals surface area contributed by atoms with Gasteiger partial charge in [-0.2, -0.15) is 0 Å². The predicted octanol–water partition coefficient (Wildman–Crippen LogP) is 3.03. The van der Waals surface area contributed by atoms with E-state index in [4.69, 9.17) is 9.47 Å². The Bertz CT molecular complexity index is 1020. The van der Waals surface area contributed by atoms with Gasteiger partial charge in [0.15, 0.2) is 0 Å². The number of nitrogens with one attached hydrogen (secondary N) is 2. The minimum absolute atomic E-state index is 0.123. The Kier molecular flexibility index (Phi) is 6.34. The highest BCUT2D eigenvalue weighted by molar-refractivity contribution is 6.03. The van der Waals surface area contributed by atoms with E-state index in [0.29, 0.717) is 17.9 Å². The maximum absolute atomic E-state index is 13.9. The van der Waals surface area contributed by atoms with Crippen molar-refractivity contribution in [2.24, 2.45) is 11.8 Å². The molecule has 2 bridgehead atoms. The molecule has 3 fully saturated rings. The van der Waals surface area contributed by atoms with Crippen molar-refractivity contribution in [2.45, 2.75) is 82.2 Å². The zero-order chi connectivity index (χ0) is 24.7. The van der Waals surface area contributed by atoms with E-state index in [9.17, 15) is 14.4 Å². The molecule has 35 heavy (non-hydrogen) atoms. The third-order valence-electron chi connectivity index (χ3n) is 8.24. The fourth-order valence-electron chi connectivity index (χ4n) is 6.30. The van der Waals surface area contributed by atoms with Crippen molar-refractivity contribution in [1.29, 1.82) is 0 Å². The minimum Gasteiger partial charge on any atom is -0.497 e. The highest BCUT2D eigenvalue weighted by atomic mass is 16.5. The number of rotatable bonds is 7. The van der Waals surface area contributed by atoms with Crippen molar-refractivity contribution in [3.8, 4) is 5.75 Å². The van der Waals surface area contributed by atoms with E-state index in [-0.39, 0.29) is 29.8 Å². The summed E-state index contributed by atoms with van der Waals surface area (Å²) < 4.78 is 11.6. The normalized spacial score (nSPS) is 32.4. The van der Waals surface area contributed by atoms with E-state index in [1.165, 1.54) is 6.42 Å². The van der Waals surface area contributed by atoms with Crippen LogP contribution in [-0.2, 0) is 19.1 Å². The fourth-order valence-corrected chi connectivity index (χ4v) is 6.30. The Hall–Kier alpha value is -2.87. The molecule has 1 aromatic rings. The lowest BCUT2D eigenvalue weighted by Crippen LogP contribution is -2.58. The molecule has 2 saturated heterocycles. The molecular weight excluding hydrogens is 446 g/mol. The second kappa shape index (κ2) is 9.30. The number of ether oxygens (including phenoxy) is 2. The van der Waals surface area contributed by atoms with E-state index in [1.807, 2.05) is 26.0 Å². The first-order valence-electron chi connectivity index (χ1n) is 12.8. The van der Waals surface area contributed by atoms with E-state index in [0.717, 1.165) is 25.7 Å². The van der Waals surface area contributed by atoms with Gasteiger partial charge in [-0.15, -0.1) is 0 Å². The summed E-state index contributed by atoms with van der Waals surface area (Å²) in [5.41, 5.74) is -0.501. The van der Waals surface area contributed by atoms with Gasteiger partial charge in [0.2, 0.25) is 17.7 Å². The first-order chi connectivity index (χ1) is 16.9. The Balaban J connectivity index is 1.43. The molecule has 4 aliphatic rings. The monoisotopic (exact) mass is 481 g/mol. The van der Waals surface area contributed by atoms with Crippen molar-refractivity contribution in [2.75, 3.05) is 12.4 Å². The molecule has 1 saturated carbocycles. The molecule has 1 spiro atoms. The van der Waals surface area contributed by atoms with Gasteiger partial charge in [0.1, 0.15) is 17.4 Å². The quantitative estimate of drug-likeness (QED) is 0.584. The van der Waals surface area contributed by atoms with Crippen LogP contribution in [-0.4, -0.2) is 59.6 Å². The maximum Gasteiger partial charge on any atom is 0.246 e. The largest absolute Gasteiger partial charge is 0.497 e. The molecule has 0 unspecified atom stereocenters. The van der Waals surface area contributed by atoms with E-state index in [2.05, 4.69) is 10.6 Å². The molecule has 3 aliphatic heterocycles. The molecule has 188 valence electrons. The average molecular weight is 482 g/mol. The van der Waals surface area contributed by atoms with E-state index in [1.54, 1.807) is 36.3 Å². The van der Waals surface area contributed by atoms with Crippen molar-refractivity contribution in [3.63, 3.8) is 0 Å².